The van der Waals surface area contributed by atoms with E-state index in [1.807, 2.05) is 31.5 Å². The second-order valence-electron chi connectivity index (χ2n) is 6.75. The Labute approximate surface area is 171 Å². The molecule has 0 unspecified atom stereocenters. The van der Waals surface area contributed by atoms with Gasteiger partial charge in [-0.25, -0.2) is 19.2 Å². The van der Waals surface area contributed by atoms with E-state index in [1.165, 1.54) is 23.5 Å². The standard InChI is InChI=1S/C21H19FN4O2S/c1-12-8-14(22)4-6-16(12)20-24-13(2)19(29-20)10-28-21(27)25-15-5-7-18-17(9-15)23-11-26(18)3/h4-9,11H,10H2,1-3H3,(H,25,27). The highest BCUT2D eigenvalue weighted by Gasteiger charge is 2.14. The number of carbonyl (C=O) groups is 1. The fourth-order valence-corrected chi connectivity index (χ4v) is 4.11. The van der Waals surface area contributed by atoms with Gasteiger partial charge in [0.25, 0.3) is 0 Å². The van der Waals surface area contributed by atoms with Crippen LogP contribution in [0.5, 0.6) is 0 Å². The number of rotatable bonds is 4. The predicted molar refractivity (Wildman–Crippen MR) is 112 cm³/mol. The molecule has 0 radical (unpaired) electrons. The average Bonchev–Trinajstić information content (AvgIpc) is 3.22. The monoisotopic (exact) mass is 410 g/mol. The van der Waals surface area contributed by atoms with Gasteiger partial charge in [-0.1, -0.05) is 0 Å². The van der Waals surface area contributed by atoms with Gasteiger partial charge in [0, 0.05) is 18.3 Å². The maximum Gasteiger partial charge on any atom is 0.411 e. The number of nitrogens with one attached hydrogen (secondary N) is 1. The SMILES string of the molecule is Cc1cc(F)ccc1-c1nc(C)c(COC(=O)Nc2ccc3c(c2)ncn3C)s1. The minimum Gasteiger partial charge on any atom is -0.444 e. The van der Waals surface area contributed by atoms with E-state index in [0.717, 1.165) is 37.7 Å². The number of thiazole rings is 1. The Balaban J connectivity index is 1.43. The Morgan fingerprint density at radius 1 is 1.24 bits per heavy atom. The Hall–Kier alpha value is -3.26. The van der Waals surface area contributed by atoms with Crippen LogP contribution in [0.25, 0.3) is 21.6 Å². The number of imidazole rings is 1. The molecule has 0 bridgehead atoms. The fourth-order valence-electron chi connectivity index (χ4n) is 3.04. The van der Waals surface area contributed by atoms with Crippen LogP contribution in [0.2, 0.25) is 0 Å². The second-order valence-corrected chi connectivity index (χ2v) is 7.83. The molecule has 1 N–H and O–H groups in total. The van der Waals surface area contributed by atoms with Crippen molar-refractivity contribution in [3.63, 3.8) is 0 Å². The van der Waals surface area contributed by atoms with Crippen LogP contribution >= 0.6 is 11.3 Å². The number of halogens is 1. The van der Waals surface area contributed by atoms with E-state index in [4.69, 9.17) is 4.74 Å². The molecular weight excluding hydrogens is 391 g/mol. The van der Waals surface area contributed by atoms with Crippen LogP contribution in [0, 0.1) is 19.7 Å². The highest BCUT2D eigenvalue weighted by molar-refractivity contribution is 7.15. The highest BCUT2D eigenvalue weighted by Crippen LogP contribution is 2.31. The number of amides is 1. The summed E-state index contributed by atoms with van der Waals surface area (Å²) >= 11 is 1.43. The summed E-state index contributed by atoms with van der Waals surface area (Å²) in [6.45, 7) is 3.82. The number of aromatic nitrogens is 3. The zero-order chi connectivity index (χ0) is 20.5. The van der Waals surface area contributed by atoms with Crippen LogP contribution in [0.1, 0.15) is 16.1 Å². The van der Waals surface area contributed by atoms with Gasteiger partial charge in [0.2, 0.25) is 0 Å². The molecule has 2 heterocycles. The van der Waals surface area contributed by atoms with E-state index in [9.17, 15) is 9.18 Å². The molecule has 8 heteroatoms. The Bertz CT molecular complexity index is 1210. The molecular formula is C21H19FN4O2S. The lowest BCUT2D eigenvalue weighted by atomic mass is 10.1. The first-order chi connectivity index (χ1) is 13.9. The molecule has 0 aliphatic carbocycles. The number of hydrogen-bond acceptors (Lipinski definition) is 5. The van der Waals surface area contributed by atoms with Gasteiger partial charge in [-0.3, -0.25) is 5.32 Å². The van der Waals surface area contributed by atoms with Crippen molar-refractivity contribution >= 4 is 34.2 Å². The summed E-state index contributed by atoms with van der Waals surface area (Å²) in [6, 6.07) is 10.1. The van der Waals surface area contributed by atoms with Crippen molar-refractivity contribution in [2.24, 2.45) is 7.05 Å². The van der Waals surface area contributed by atoms with Gasteiger partial charge in [-0.2, -0.15) is 0 Å². The number of fused-ring (bicyclic) bond motifs is 1. The van der Waals surface area contributed by atoms with Crippen LogP contribution in [0.4, 0.5) is 14.9 Å². The van der Waals surface area contributed by atoms with Crippen molar-refractivity contribution < 1.29 is 13.9 Å². The lowest BCUT2D eigenvalue weighted by Gasteiger charge is -2.06. The molecule has 6 nitrogen and oxygen atoms in total. The molecule has 0 saturated carbocycles. The number of ether oxygens (including phenoxy) is 1. The molecule has 1 amide bonds. The summed E-state index contributed by atoms with van der Waals surface area (Å²) in [5.41, 5.74) is 4.87. The van der Waals surface area contributed by atoms with Crippen LogP contribution in [0.15, 0.2) is 42.7 Å². The van der Waals surface area contributed by atoms with E-state index in [-0.39, 0.29) is 12.4 Å². The third-order valence-electron chi connectivity index (χ3n) is 4.62. The zero-order valence-electron chi connectivity index (χ0n) is 16.2. The van der Waals surface area contributed by atoms with Gasteiger partial charge in [0.15, 0.2) is 0 Å². The quantitative estimate of drug-likeness (QED) is 0.502. The topological polar surface area (TPSA) is 69.0 Å². The third-order valence-corrected chi connectivity index (χ3v) is 5.78. The Kier molecular flexibility index (Phi) is 5.02. The molecule has 0 spiro atoms. The lowest BCUT2D eigenvalue weighted by molar-refractivity contribution is 0.156. The van der Waals surface area contributed by atoms with Gasteiger partial charge >= 0.3 is 6.09 Å². The summed E-state index contributed by atoms with van der Waals surface area (Å²) < 4.78 is 20.6. The fraction of sp³-hybridized carbons (Fsp3) is 0.190. The van der Waals surface area contributed by atoms with E-state index >= 15 is 0 Å². The van der Waals surface area contributed by atoms with Crippen molar-refractivity contribution in [3.8, 4) is 10.6 Å². The molecule has 4 aromatic rings. The maximum atomic E-state index is 13.3. The molecule has 4 rings (SSSR count). The van der Waals surface area contributed by atoms with Crippen LogP contribution in [-0.4, -0.2) is 20.6 Å². The number of anilines is 1. The first kappa shape index (κ1) is 19.1. The van der Waals surface area contributed by atoms with Crippen molar-refractivity contribution in [3.05, 3.63) is 64.7 Å². The van der Waals surface area contributed by atoms with Crippen LogP contribution in [-0.2, 0) is 18.4 Å². The molecule has 0 saturated heterocycles. The van der Waals surface area contributed by atoms with E-state index in [0.29, 0.717) is 5.69 Å². The molecule has 2 aromatic heterocycles. The molecule has 0 atom stereocenters. The smallest absolute Gasteiger partial charge is 0.411 e. The second kappa shape index (κ2) is 7.63. The van der Waals surface area contributed by atoms with E-state index in [1.54, 1.807) is 24.5 Å². The van der Waals surface area contributed by atoms with Crippen molar-refractivity contribution in [2.75, 3.05) is 5.32 Å². The third kappa shape index (κ3) is 3.97. The van der Waals surface area contributed by atoms with Crippen LogP contribution < -0.4 is 5.32 Å². The summed E-state index contributed by atoms with van der Waals surface area (Å²) in [5, 5.41) is 3.50. The van der Waals surface area contributed by atoms with Gasteiger partial charge in [0.05, 0.1) is 27.9 Å². The largest absolute Gasteiger partial charge is 0.444 e. The molecule has 148 valence electrons. The lowest BCUT2D eigenvalue weighted by Crippen LogP contribution is -2.13. The van der Waals surface area contributed by atoms with E-state index < -0.39 is 6.09 Å². The number of carbonyl (C=O) groups excluding carboxylic acids is 1. The summed E-state index contributed by atoms with van der Waals surface area (Å²) in [7, 11) is 1.91. The average molecular weight is 410 g/mol. The number of aryl methyl sites for hydroxylation is 3. The van der Waals surface area contributed by atoms with Gasteiger partial charge in [-0.15, -0.1) is 11.3 Å². The van der Waals surface area contributed by atoms with Crippen molar-refractivity contribution in [1.82, 2.24) is 14.5 Å². The molecule has 0 fully saturated rings. The minimum absolute atomic E-state index is 0.113. The van der Waals surface area contributed by atoms with Crippen molar-refractivity contribution in [1.29, 1.82) is 0 Å². The first-order valence-electron chi connectivity index (χ1n) is 8.98. The summed E-state index contributed by atoms with van der Waals surface area (Å²) in [4.78, 5) is 21.9. The predicted octanol–water partition coefficient (Wildman–Crippen LogP) is 5.20. The number of nitrogens with zero attached hydrogens (tertiary/aromatic N) is 3. The first-order valence-corrected chi connectivity index (χ1v) is 9.80. The van der Waals surface area contributed by atoms with Gasteiger partial charge in [-0.05, 0) is 55.8 Å². The Morgan fingerprint density at radius 3 is 2.86 bits per heavy atom. The summed E-state index contributed by atoms with van der Waals surface area (Å²) in [6.07, 6.45) is 1.17. The molecule has 29 heavy (non-hydrogen) atoms. The number of benzene rings is 2. The summed E-state index contributed by atoms with van der Waals surface area (Å²) in [5.74, 6) is -0.274. The zero-order valence-corrected chi connectivity index (χ0v) is 17.0. The maximum absolute atomic E-state index is 13.3. The van der Waals surface area contributed by atoms with Crippen molar-refractivity contribution in [2.45, 2.75) is 20.5 Å². The Morgan fingerprint density at radius 2 is 2.07 bits per heavy atom. The van der Waals surface area contributed by atoms with Gasteiger partial charge < -0.3 is 9.30 Å². The molecule has 0 aliphatic heterocycles. The normalized spacial score (nSPS) is 11.0. The highest BCUT2D eigenvalue weighted by atomic mass is 32.1. The number of hydrogen-bond donors (Lipinski definition) is 1. The molecule has 0 aliphatic rings. The minimum atomic E-state index is -0.549. The van der Waals surface area contributed by atoms with E-state index in [2.05, 4.69) is 15.3 Å². The van der Waals surface area contributed by atoms with Gasteiger partial charge in [0.1, 0.15) is 17.4 Å². The molecule has 2 aromatic carbocycles. The van der Waals surface area contributed by atoms with Crippen LogP contribution in [0.3, 0.4) is 0 Å².